The summed E-state index contributed by atoms with van der Waals surface area (Å²) < 4.78 is 3.47. The second kappa shape index (κ2) is 4.18. The molecule has 3 nitrogen and oxygen atoms in total. The first-order valence-electron chi connectivity index (χ1n) is 5.08. The highest BCUT2D eigenvalue weighted by atomic mass is 127. The Balaban J connectivity index is 2.12. The molecule has 2 heterocycles. The van der Waals surface area contributed by atoms with Crippen LogP contribution in [0.5, 0.6) is 0 Å². The topological polar surface area (TPSA) is 29.9 Å². The molecule has 0 radical (unpaired) electrons. The van der Waals surface area contributed by atoms with Gasteiger partial charge < -0.3 is 5.32 Å². The van der Waals surface area contributed by atoms with Crippen LogP contribution >= 0.6 is 22.6 Å². The van der Waals surface area contributed by atoms with Crippen LogP contribution in [0.3, 0.4) is 0 Å². The number of nitrogens with zero attached hydrogens (tertiary/aromatic N) is 2. The van der Waals surface area contributed by atoms with Crippen LogP contribution in [0, 0.1) is 23.3 Å². The van der Waals surface area contributed by atoms with E-state index in [9.17, 15) is 0 Å². The summed E-state index contributed by atoms with van der Waals surface area (Å²) in [5, 5.41) is 7.95. The zero-order chi connectivity index (χ0) is 10.1. The van der Waals surface area contributed by atoms with Crippen molar-refractivity contribution in [3.8, 4) is 0 Å². The minimum absolute atomic E-state index is 0.767. The van der Waals surface area contributed by atoms with Gasteiger partial charge in [0.15, 0.2) is 0 Å². The Kier molecular flexibility index (Phi) is 3.11. The van der Waals surface area contributed by atoms with Gasteiger partial charge in [-0.1, -0.05) is 0 Å². The van der Waals surface area contributed by atoms with E-state index in [1.807, 2.05) is 0 Å². The highest BCUT2D eigenvalue weighted by Crippen LogP contribution is 2.18. The molecule has 0 aromatic carbocycles. The Hall–Kier alpha value is -0.100. The summed E-state index contributed by atoms with van der Waals surface area (Å²) in [6, 6.07) is 0. The molecule has 0 spiro atoms. The minimum atomic E-state index is 0.767. The quantitative estimate of drug-likeness (QED) is 0.843. The molecule has 0 amide bonds. The molecule has 1 fully saturated rings. The third-order valence-corrected chi connectivity index (χ3v) is 4.45. The Morgan fingerprint density at radius 3 is 2.86 bits per heavy atom. The Labute approximate surface area is 98.4 Å². The van der Waals surface area contributed by atoms with Gasteiger partial charge in [-0.15, -0.1) is 0 Å². The van der Waals surface area contributed by atoms with Crippen LogP contribution in [0.4, 0.5) is 0 Å². The predicted molar refractivity (Wildman–Crippen MR) is 65.4 cm³/mol. The summed E-state index contributed by atoms with van der Waals surface area (Å²) in [4.78, 5) is 0. The van der Waals surface area contributed by atoms with Crippen molar-refractivity contribution in [2.75, 3.05) is 13.1 Å². The van der Waals surface area contributed by atoms with Gasteiger partial charge >= 0.3 is 0 Å². The van der Waals surface area contributed by atoms with E-state index in [4.69, 9.17) is 0 Å². The lowest BCUT2D eigenvalue weighted by Gasteiger charge is -2.09. The van der Waals surface area contributed by atoms with Gasteiger partial charge in [0.1, 0.15) is 0 Å². The second-order valence-corrected chi connectivity index (χ2v) is 5.10. The largest absolute Gasteiger partial charge is 0.316 e. The first-order chi connectivity index (χ1) is 6.68. The van der Waals surface area contributed by atoms with Gasteiger partial charge in [-0.25, -0.2) is 0 Å². The number of nitrogens with one attached hydrogen (secondary N) is 1. The van der Waals surface area contributed by atoms with Crippen LogP contribution in [-0.2, 0) is 6.54 Å². The summed E-state index contributed by atoms with van der Waals surface area (Å²) in [5.41, 5.74) is 2.48. The highest BCUT2D eigenvalue weighted by molar-refractivity contribution is 14.1. The maximum Gasteiger partial charge on any atom is 0.0729 e. The summed E-state index contributed by atoms with van der Waals surface area (Å²) in [6.45, 7) is 7.63. The normalized spacial score (nSPS) is 21.8. The second-order valence-electron chi connectivity index (χ2n) is 4.03. The summed E-state index contributed by atoms with van der Waals surface area (Å²) in [6.07, 6.45) is 1.29. The number of aromatic nitrogens is 2. The molecule has 1 aliphatic heterocycles. The molecule has 1 unspecified atom stereocenters. The van der Waals surface area contributed by atoms with E-state index in [0.29, 0.717) is 0 Å². The van der Waals surface area contributed by atoms with Crippen LogP contribution in [0.15, 0.2) is 0 Å². The molecule has 0 saturated carbocycles. The van der Waals surface area contributed by atoms with Crippen molar-refractivity contribution in [3.05, 3.63) is 15.0 Å². The fraction of sp³-hybridized carbons (Fsp3) is 0.700. The van der Waals surface area contributed by atoms with Crippen LogP contribution in [0.25, 0.3) is 0 Å². The molecule has 0 bridgehead atoms. The van der Waals surface area contributed by atoms with E-state index >= 15 is 0 Å². The van der Waals surface area contributed by atoms with Crippen molar-refractivity contribution in [1.82, 2.24) is 15.1 Å². The Bertz CT molecular complexity index is 326. The van der Waals surface area contributed by atoms with Gasteiger partial charge in [-0.3, -0.25) is 4.68 Å². The fourth-order valence-electron chi connectivity index (χ4n) is 1.97. The molecule has 1 N–H and O–H groups in total. The van der Waals surface area contributed by atoms with Crippen LogP contribution < -0.4 is 5.32 Å². The first-order valence-corrected chi connectivity index (χ1v) is 6.16. The summed E-state index contributed by atoms with van der Waals surface area (Å²) in [5.74, 6) is 0.767. The third-order valence-electron chi connectivity index (χ3n) is 2.89. The van der Waals surface area contributed by atoms with E-state index in [1.54, 1.807) is 0 Å². The van der Waals surface area contributed by atoms with Gasteiger partial charge in [0.05, 0.1) is 9.26 Å². The minimum Gasteiger partial charge on any atom is -0.316 e. The lowest BCUT2D eigenvalue weighted by Crippen LogP contribution is -2.16. The fourth-order valence-corrected chi connectivity index (χ4v) is 2.35. The lowest BCUT2D eigenvalue weighted by molar-refractivity contribution is 0.441. The third kappa shape index (κ3) is 1.95. The standard InChI is InChI=1S/C10H16IN3/c1-7-10(11)8(2)14(13-7)6-9-3-4-12-5-9/h9,12H,3-6H2,1-2H3. The van der Waals surface area contributed by atoms with Gasteiger partial charge in [-0.05, 0) is 61.9 Å². The van der Waals surface area contributed by atoms with E-state index in [2.05, 4.69) is 51.5 Å². The monoisotopic (exact) mass is 305 g/mol. The number of halogens is 1. The molecule has 1 aromatic rings. The molecule has 4 heteroatoms. The molecular weight excluding hydrogens is 289 g/mol. The molecule has 2 rings (SSSR count). The maximum absolute atomic E-state index is 4.55. The van der Waals surface area contributed by atoms with Gasteiger partial charge in [0, 0.05) is 12.2 Å². The van der Waals surface area contributed by atoms with E-state index in [-0.39, 0.29) is 0 Å². The van der Waals surface area contributed by atoms with Crippen molar-refractivity contribution < 1.29 is 0 Å². The number of rotatable bonds is 2. The molecule has 1 atom stereocenters. The van der Waals surface area contributed by atoms with E-state index in [1.165, 1.54) is 22.2 Å². The SMILES string of the molecule is Cc1nn(CC2CCNC2)c(C)c1I. The number of hydrogen-bond acceptors (Lipinski definition) is 2. The van der Waals surface area contributed by atoms with Crippen molar-refractivity contribution in [1.29, 1.82) is 0 Å². The van der Waals surface area contributed by atoms with Gasteiger partial charge in [0.2, 0.25) is 0 Å². The van der Waals surface area contributed by atoms with Gasteiger partial charge in [-0.2, -0.15) is 5.10 Å². The molecule has 78 valence electrons. The Morgan fingerprint density at radius 2 is 2.36 bits per heavy atom. The molecule has 1 aliphatic rings. The zero-order valence-corrected chi connectivity index (χ0v) is 10.8. The average molecular weight is 305 g/mol. The molecular formula is C10H16IN3. The van der Waals surface area contributed by atoms with Gasteiger partial charge in [0.25, 0.3) is 0 Å². The molecule has 14 heavy (non-hydrogen) atoms. The lowest BCUT2D eigenvalue weighted by atomic mass is 10.1. The summed E-state index contributed by atoms with van der Waals surface area (Å²) >= 11 is 2.38. The van der Waals surface area contributed by atoms with Crippen molar-refractivity contribution >= 4 is 22.6 Å². The predicted octanol–water partition coefficient (Wildman–Crippen LogP) is 1.71. The number of aryl methyl sites for hydroxylation is 1. The van der Waals surface area contributed by atoms with Crippen molar-refractivity contribution in [2.24, 2.45) is 5.92 Å². The Morgan fingerprint density at radius 1 is 1.57 bits per heavy atom. The van der Waals surface area contributed by atoms with E-state index in [0.717, 1.165) is 24.7 Å². The van der Waals surface area contributed by atoms with Crippen LogP contribution in [0.2, 0.25) is 0 Å². The smallest absolute Gasteiger partial charge is 0.0729 e. The zero-order valence-electron chi connectivity index (χ0n) is 8.68. The highest BCUT2D eigenvalue weighted by Gasteiger charge is 2.17. The van der Waals surface area contributed by atoms with Crippen molar-refractivity contribution in [2.45, 2.75) is 26.8 Å². The molecule has 1 saturated heterocycles. The molecule has 1 aromatic heterocycles. The van der Waals surface area contributed by atoms with Crippen LogP contribution in [-0.4, -0.2) is 22.9 Å². The average Bonchev–Trinajstić information content (AvgIpc) is 2.73. The first kappa shape index (κ1) is 10.4. The maximum atomic E-state index is 4.55. The molecule has 0 aliphatic carbocycles. The summed E-state index contributed by atoms with van der Waals surface area (Å²) in [7, 11) is 0. The van der Waals surface area contributed by atoms with Crippen LogP contribution in [0.1, 0.15) is 17.8 Å². The van der Waals surface area contributed by atoms with Crippen molar-refractivity contribution in [3.63, 3.8) is 0 Å². The van der Waals surface area contributed by atoms with E-state index < -0.39 is 0 Å². The number of hydrogen-bond donors (Lipinski definition) is 1.